The Morgan fingerprint density at radius 2 is 1.66 bits per heavy atom. The second-order valence-electron chi connectivity index (χ2n) is 7.09. The number of ketones is 1. The van der Waals surface area contributed by atoms with Crippen LogP contribution in [0.4, 0.5) is 4.39 Å². The van der Waals surface area contributed by atoms with Gasteiger partial charge in [0.25, 0.3) is 5.91 Å². The van der Waals surface area contributed by atoms with Crippen molar-refractivity contribution in [3.63, 3.8) is 0 Å². The first kappa shape index (κ1) is 24.4. The van der Waals surface area contributed by atoms with E-state index in [0.717, 1.165) is 5.56 Å². The Bertz CT molecular complexity index is 981. The van der Waals surface area contributed by atoms with Crippen LogP contribution in [-0.4, -0.2) is 48.4 Å². The molecule has 32 heavy (non-hydrogen) atoms. The van der Waals surface area contributed by atoms with Gasteiger partial charge in [0.05, 0.1) is 19.0 Å². The number of Topliss-reactive ketones (excluding diaryl/α,β-unsaturated/α-hetero) is 1. The normalized spacial score (nSPS) is 12.2. The fraction of sp³-hybridized carbons (Fsp3) is 0.261. The minimum Gasteiger partial charge on any atom is -0.344 e. The quantitative estimate of drug-likeness (QED) is 0.346. The van der Waals surface area contributed by atoms with Gasteiger partial charge >= 0.3 is 0 Å². The molecule has 9 heteroatoms. The van der Waals surface area contributed by atoms with Gasteiger partial charge in [0.2, 0.25) is 17.6 Å². The van der Waals surface area contributed by atoms with Crippen molar-refractivity contribution in [1.82, 2.24) is 16.0 Å². The van der Waals surface area contributed by atoms with E-state index >= 15 is 0 Å². The minimum atomic E-state index is -1.17. The van der Waals surface area contributed by atoms with Gasteiger partial charge in [0.1, 0.15) is 18.1 Å². The third-order valence-corrected chi connectivity index (χ3v) is 4.51. The second kappa shape index (κ2) is 12.1. The van der Waals surface area contributed by atoms with Crippen LogP contribution >= 0.6 is 0 Å². The standard InChI is InChI=1S/C23H24FN3O5/c1-15(21(30)23(32)25-10-11-28)26-22(31)19(13-16-6-3-2-4-7-16)27-20(29)14-17-8-5-9-18(24)12-17/h2-9,11-12,15,19H,10,13-14H2,1H3,(H,25,32)(H,26,31)(H,27,29)/t15?,19-/m0/s1. The molecule has 0 spiro atoms. The molecule has 0 aliphatic carbocycles. The molecule has 3 amide bonds. The molecule has 0 heterocycles. The smallest absolute Gasteiger partial charge is 0.289 e. The SMILES string of the molecule is CC(NC(=O)[C@H](Cc1ccccc1)NC(=O)Cc1cccc(F)c1)C(=O)C(=O)NCC=O. The lowest BCUT2D eigenvalue weighted by Gasteiger charge is -2.21. The van der Waals surface area contributed by atoms with Crippen LogP contribution in [0.1, 0.15) is 18.1 Å². The molecule has 3 N–H and O–H groups in total. The summed E-state index contributed by atoms with van der Waals surface area (Å²) in [7, 11) is 0. The molecule has 0 aliphatic heterocycles. The van der Waals surface area contributed by atoms with Crippen molar-refractivity contribution in [1.29, 1.82) is 0 Å². The van der Waals surface area contributed by atoms with E-state index in [2.05, 4.69) is 16.0 Å². The monoisotopic (exact) mass is 441 g/mol. The molecule has 0 bridgehead atoms. The van der Waals surface area contributed by atoms with Crippen molar-refractivity contribution in [2.45, 2.75) is 31.8 Å². The van der Waals surface area contributed by atoms with Crippen LogP contribution < -0.4 is 16.0 Å². The number of aldehydes is 1. The van der Waals surface area contributed by atoms with Gasteiger partial charge in [-0.1, -0.05) is 42.5 Å². The number of nitrogens with one attached hydrogen (secondary N) is 3. The van der Waals surface area contributed by atoms with Gasteiger partial charge in [-0.15, -0.1) is 0 Å². The number of carbonyl (C=O) groups is 5. The lowest BCUT2D eigenvalue weighted by atomic mass is 10.0. The molecule has 0 saturated heterocycles. The molecular weight excluding hydrogens is 417 g/mol. The predicted octanol–water partition coefficient (Wildman–Crippen LogP) is 0.485. The highest BCUT2D eigenvalue weighted by molar-refractivity contribution is 6.38. The van der Waals surface area contributed by atoms with Gasteiger partial charge in [-0.2, -0.15) is 0 Å². The van der Waals surface area contributed by atoms with Crippen LogP contribution in [0.25, 0.3) is 0 Å². The molecule has 2 aromatic rings. The number of amides is 3. The Morgan fingerprint density at radius 1 is 0.969 bits per heavy atom. The Balaban J connectivity index is 2.08. The van der Waals surface area contributed by atoms with Crippen LogP contribution in [0.5, 0.6) is 0 Å². The zero-order chi connectivity index (χ0) is 23.5. The molecular formula is C23H24FN3O5. The van der Waals surface area contributed by atoms with Gasteiger partial charge in [0, 0.05) is 6.42 Å². The molecule has 0 radical (unpaired) electrons. The van der Waals surface area contributed by atoms with E-state index < -0.39 is 41.4 Å². The molecule has 0 aromatic heterocycles. The summed E-state index contributed by atoms with van der Waals surface area (Å²) in [6.07, 6.45) is 0.428. The van der Waals surface area contributed by atoms with Gasteiger partial charge in [0.15, 0.2) is 0 Å². The molecule has 2 atom stereocenters. The van der Waals surface area contributed by atoms with Crippen molar-refractivity contribution in [3.05, 3.63) is 71.5 Å². The fourth-order valence-electron chi connectivity index (χ4n) is 2.93. The van der Waals surface area contributed by atoms with Crippen LogP contribution in [0.15, 0.2) is 54.6 Å². The maximum Gasteiger partial charge on any atom is 0.289 e. The highest BCUT2D eigenvalue weighted by Gasteiger charge is 2.27. The van der Waals surface area contributed by atoms with E-state index in [1.54, 1.807) is 36.4 Å². The third-order valence-electron chi connectivity index (χ3n) is 4.51. The first-order valence-corrected chi connectivity index (χ1v) is 9.94. The second-order valence-corrected chi connectivity index (χ2v) is 7.09. The Kier molecular flexibility index (Phi) is 9.22. The highest BCUT2D eigenvalue weighted by Crippen LogP contribution is 2.07. The van der Waals surface area contributed by atoms with E-state index in [9.17, 15) is 28.4 Å². The van der Waals surface area contributed by atoms with Crippen molar-refractivity contribution in [3.8, 4) is 0 Å². The summed E-state index contributed by atoms with van der Waals surface area (Å²) in [4.78, 5) is 59.5. The minimum absolute atomic E-state index is 0.139. The summed E-state index contributed by atoms with van der Waals surface area (Å²) in [6, 6.07) is 12.3. The van der Waals surface area contributed by atoms with E-state index in [4.69, 9.17) is 0 Å². The average Bonchev–Trinajstić information content (AvgIpc) is 2.77. The summed E-state index contributed by atoms with van der Waals surface area (Å²) < 4.78 is 13.4. The third kappa shape index (κ3) is 7.75. The summed E-state index contributed by atoms with van der Waals surface area (Å²) in [5.41, 5.74) is 1.21. The number of halogens is 1. The molecule has 2 aromatic carbocycles. The fourth-order valence-corrected chi connectivity index (χ4v) is 2.93. The largest absolute Gasteiger partial charge is 0.344 e. The van der Waals surface area contributed by atoms with E-state index in [0.29, 0.717) is 11.8 Å². The summed E-state index contributed by atoms with van der Waals surface area (Å²) >= 11 is 0. The maximum atomic E-state index is 13.4. The number of benzene rings is 2. The van der Waals surface area contributed by atoms with Gasteiger partial charge in [-0.05, 0) is 30.2 Å². The topological polar surface area (TPSA) is 121 Å². The van der Waals surface area contributed by atoms with Crippen LogP contribution in [0, 0.1) is 5.82 Å². The molecule has 0 aliphatic rings. The number of hydrogen-bond acceptors (Lipinski definition) is 5. The number of carbonyl (C=O) groups excluding carboxylic acids is 5. The predicted molar refractivity (Wildman–Crippen MR) is 114 cm³/mol. The molecule has 8 nitrogen and oxygen atoms in total. The van der Waals surface area contributed by atoms with E-state index in [1.165, 1.54) is 25.1 Å². The molecule has 168 valence electrons. The Morgan fingerprint density at radius 3 is 2.31 bits per heavy atom. The Hall–Kier alpha value is -3.88. The number of rotatable bonds is 11. The molecule has 0 saturated carbocycles. The van der Waals surface area contributed by atoms with Crippen LogP contribution in [-0.2, 0) is 36.8 Å². The lowest BCUT2D eigenvalue weighted by Crippen LogP contribution is -2.53. The maximum absolute atomic E-state index is 13.4. The van der Waals surface area contributed by atoms with Crippen molar-refractivity contribution in [2.24, 2.45) is 0 Å². The highest BCUT2D eigenvalue weighted by atomic mass is 19.1. The summed E-state index contributed by atoms with van der Waals surface area (Å²) in [5.74, 6) is -3.57. The zero-order valence-electron chi connectivity index (χ0n) is 17.5. The van der Waals surface area contributed by atoms with Crippen LogP contribution in [0.2, 0.25) is 0 Å². The molecule has 2 rings (SSSR count). The number of hydrogen-bond donors (Lipinski definition) is 3. The molecule has 1 unspecified atom stereocenters. The first-order valence-electron chi connectivity index (χ1n) is 9.94. The van der Waals surface area contributed by atoms with Crippen LogP contribution in [0.3, 0.4) is 0 Å². The Labute approximate surface area is 184 Å². The summed E-state index contributed by atoms with van der Waals surface area (Å²) in [5, 5.41) is 7.14. The van der Waals surface area contributed by atoms with Crippen molar-refractivity contribution < 1.29 is 28.4 Å². The van der Waals surface area contributed by atoms with Crippen molar-refractivity contribution in [2.75, 3.05) is 6.54 Å². The average molecular weight is 441 g/mol. The molecule has 0 fully saturated rings. The van der Waals surface area contributed by atoms with Crippen molar-refractivity contribution >= 4 is 29.8 Å². The first-order chi connectivity index (χ1) is 15.3. The van der Waals surface area contributed by atoms with Gasteiger partial charge in [-0.25, -0.2) is 4.39 Å². The zero-order valence-corrected chi connectivity index (χ0v) is 17.5. The van der Waals surface area contributed by atoms with E-state index in [1.807, 2.05) is 0 Å². The van der Waals surface area contributed by atoms with E-state index in [-0.39, 0.29) is 19.4 Å². The summed E-state index contributed by atoms with van der Waals surface area (Å²) in [6.45, 7) is 1.01. The lowest BCUT2D eigenvalue weighted by molar-refractivity contribution is -0.140. The van der Waals surface area contributed by atoms with Gasteiger partial charge in [-0.3, -0.25) is 19.2 Å². The van der Waals surface area contributed by atoms with Gasteiger partial charge < -0.3 is 20.7 Å².